The fourth-order valence-corrected chi connectivity index (χ4v) is 3.84. The van der Waals surface area contributed by atoms with Crippen LogP contribution in [0.2, 0.25) is 0 Å². The van der Waals surface area contributed by atoms with Crippen molar-refractivity contribution in [3.05, 3.63) is 48.0 Å². The zero-order chi connectivity index (χ0) is 17.9. The number of hydrogen-bond acceptors (Lipinski definition) is 3. The smallest absolute Gasteiger partial charge is 0.237 e. The van der Waals surface area contributed by atoms with Gasteiger partial charge in [0.25, 0.3) is 0 Å². The van der Waals surface area contributed by atoms with Crippen LogP contribution in [0, 0.1) is 0 Å². The van der Waals surface area contributed by atoms with Gasteiger partial charge in [0, 0.05) is 25.7 Å². The average Bonchev–Trinajstić information content (AvgIpc) is 2.61. The van der Waals surface area contributed by atoms with Crippen molar-refractivity contribution < 1.29 is 9.59 Å². The second kappa shape index (κ2) is 7.46. The number of fused-ring (bicyclic) bond motifs is 1. The number of hydrogen-bond donors (Lipinski definition) is 2. The molecule has 136 valence electrons. The lowest BCUT2D eigenvalue weighted by Gasteiger charge is -2.35. The summed E-state index contributed by atoms with van der Waals surface area (Å²) in [7, 11) is 0. The van der Waals surface area contributed by atoms with E-state index < -0.39 is 6.04 Å². The molecule has 0 aromatic heterocycles. The number of amides is 2. The van der Waals surface area contributed by atoms with E-state index in [2.05, 4.69) is 45.9 Å². The van der Waals surface area contributed by atoms with Crippen LogP contribution in [-0.4, -0.2) is 41.9 Å². The van der Waals surface area contributed by atoms with Crippen LogP contribution >= 0.6 is 0 Å². The lowest BCUT2D eigenvalue weighted by molar-refractivity contribution is -0.134. The molecule has 0 radical (unpaired) electrons. The first kappa shape index (κ1) is 17.0. The highest BCUT2D eigenvalue weighted by atomic mass is 16.2. The summed E-state index contributed by atoms with van der Waals surface area (Å²) in [6.45, 7) is 2.07. The van der Waals surface area contributed by atoms with Crippen molar-refractivity contribution in [2.24, 2.45) is 0 Å². The van der Waals surface area contributed by atoms with E-state index in [0.29, 0.717) is 19.1 Å². The number of nitrogens with one attached hydrogen (secondary N) is 2. The maximum atomic E-state index is 12.4. The largest absolute Gasteiger partial charge is 0.353 e. The van der Waals surface area contributed by atoms with Gasteiger partial charge >= 0.3 is 0 Å². The molecule has 26 heavy (non-hydrogen) atoms. The van der Waals surface area contributed by atoms with Crippen molar-refractivity contribution in [3.8, 4) is 0 Å². The third-order valence-electron chi connectivity index (χ3n) is 5.54. The van der Waals surface area contributed by atoms with E-state index in [0.717, 1.165) is 19.4 Å². The highest BCUT2D eigenvalue weighted by molar-refractivity contribution is 5.89. The number of piperazine rings is 1. The van der Waals surface area contributed by atoms with Gasteiger partial charge in [-0.25, -0.2) is 0 Å². The Kier molecular flexibility index (Phi) is 4.89. The minimum Gasteiger partial charge on any atom is -0.353 e. The topological polar surface area (TPSA) is 61.4 Å². The van der Waals surface area contributed by atoms with Crippen molar-refractivity contribution >= 4 is 22.6 Å². The van der Waals surface area contributed by atoms with Crippen molar-refractivity contribution in [1.29, 1.82) is 0 Å². The molecule has 5 heteroatoms. The molecular formula is C21H25N3O2. The molecule has 2 aliphatic rings. The molecule has 2 aromatic rings. The summed E-state index contributed by atoms with van der Waals surface area (Å²) in [4.78, 5) is 26.9. The lowest BCUT2D eigenvalue weighted by atomic mass is 9.93. The maximum Gasteiger partial charge on any atom is 0.237 e. The molecule has 1 saturated heterocycles. The van der Waals surface area contributed by atoms with Gasteiger partial charge in [0.1, 0.15) is 0 Å². The number of carbonyl (C=O) groups excluding carboxylic acids is 2. The number of nitrogens with zero attached hydrogens (tertiary/aromatic N) is 1. The normalized spacial score (nSPS) is 21.2. The van der Waals surface area contributed by atoms with Gasteiger partial charge in [0.05, 0.1) is 12.5 Å². The first-order valence-corrected chi connectivity index (χ1v) is 9.48. The Bertz CT molecular complexity index is 811. The molecule has 2 fully saturated rings. The monoisotopic (exact) mass is 351 g/mol. The van der Waals surface area contributed by atoms with Crippen LogP contribution in [0.15, 0.2) is 42.5 Å². The molecule has 1 atom stereocenters. The van der Waals surface area contributed by atoms with Crippen LogP contribution in [0.1, 0.15) is 31.2 Å². The molecule has 5 nitrogen and oxygen atoms in total. The third kappa shape index (κ3) is 3.58. The van der Waals surface area contributed by atoms with Crippen molar-refractivity contribution in [2.45, 2.75) is 44.3 Å². The molecule has 2 amide bonds. The van der Waals surface area contributed by atoms with Gasteiger partial charge < -0.3 is 10.6 Å². The summed E-state index contributed by atoms with van der Waals surface area (Å²) in [6.07, 6.45) is 3.53. The highest BCUT2D eigenvalue weighted by Gasteiger charge is 2.32. The molecule has 1 saturated carbocycles. The lowest BCUT2D eigenvalue weighted by Crippen LogP contribution is -2.56. The van der Waals surface area contributed by atoms with Crippen LogP contribution in [-0.2, 0) is 16.1 Å². The molecular weight excluding hydrogens is 326 g/mol. The Hall–Kier alpha value is -2.40. The summed E-state index contributed by atoms with van der Waals surface area (Å²) in [5.41, 5.74) is 1.20. The van der Waals surface area contributed by atoms with Gasteiger partial charge in [0.2, 0.25) is 11.8 Å². The Morgan fingerprint density at radius 3 is 2.77 bits per heavy atom. The average molecular weight is 351 g/mol. The van der Waals surface area contributed by atoms with Crippen molar-refractivity contribution in [2.75, 3.05) is 13.1 Å². The van der Waals surface area contributed by atoms with Gasteiger partial charge in [-0.2, -0.15) is 0 Å². The quantitative estimate of drug-likeness (QED) is 0.868. The van der Waals surface area contributed by atoms with Gasteiger partial charge in [0.15, 0.2) is 0 Å². The van der Waals surface area contributed by atoms with Crippen LogP contribution in [0.5, 0.6) is 0 Å². The predicted molar refractivity (Wildman–Crippen MR) is 102 cm³/mol. The predicted octanol–water partition coefficient (Wildman–Crippen LogP) is 2.20. The van der Waals surface area contributed by atoms with E-state index in [1.807, 2.05) is 12.1 Å². The summed E-state index contributed by atoms with van der Waals surface area (Å²) in [5.74, 6) is -0.0556. The molecule has 1 unspecified atom stereocenters. The van der Waals surface area contributed by atoms with Crippen LogP contribution in [0.3, 0.4) is 0 Å². The number of carbonyl (C=O) groups is 2. The Morgan fingerprint density at radius 1 is 1.15 bits per heavy atom. The van der Waals surface area contributed by atoms with E-state index in [1.54, 1.807) is 0 Å². The van der Waals surface area contributed by atoms with E-state index in [4.69, 9.17) is 0 Å². The second-order valence-corrected chi connectivity index (χ2v) is 7.32. The zero-order valence-electron chi connectivity index (χ0n) is 14.9. The Labute approximate surface area is 153 Å². The Balaban J connectivity index is 1.50. The van der Waals surface area contributed by atoms with Gasteiger partial charge in [-0.15, -0.1) is 0 Å². The van der Waals surface area contributed by atoms with Crippen LogP contribution < -0.4 is 10.6 Å². The summed E-state index contributed by atoms with van der Waals surface area (Å²) < 4.78 is 0. The maximum absolute atomic E-state index is 12.4. The van der Waals surface area contributed by atoms with Crippen LogP contribution in [0.25, 0.3) is 10.8 Å². The number of benzene rings is 2. The van der Waals surface area contributed by atoms with Gasteiger partial charge in [-0.05, 0) is 35.6 Å². The van der Waals surface area contributed by atoms with E-state index >= 15 is 0 Å². The third-order valence-corrected chi connectivity index (χ3v) is 5.54. The number of rotatable bonds is 5. The van der Waals surface area contributed by atoms with Gasteiger partial charge in [-0.1, -0.05) is 42.5 Å². The summed E-state index contributed by atoms with van der Waals surface area (Å²) in [6, 6.07) is 14.5. The molecule has 2 N–H and O–H groups in total. The summed E-state index contributed by atoms with van der Waals surface area (Å²) in [5, 5.41) is 8.37. The minimum absolute atomic E-state index is 0.0142. The summed E-state index contributed by atoms with van der Waals surface area (Å²) >= 11 is 0. The zero-order valence-corrected chi connectivity index (χ0v) is 14.9. The molecule has 1 aliphatic heterocycles. The standard InChI is InChI=1S/C21H25N3O2/c25-20(23-17-8-4-9-17)13-19-21(26)22-11-12-24(19)14-16-7-3-6-15-5-1-2-10-18(15)16/h1-3,5-7,10,17,19H,4,8-9,11-14H2,(H,22,26)(H,23,25). The molecule has 0 bridgehead atoms. The molecule has 1 heterocycles. The fourth-order valence-electron chi connectivity index (χ4n) is 3.84. The molecule has 4 rings (SSSR count). The van der Waals surface area contributed by atoms with Crippen molar-refractivity contribution in [3.63, 3.8) is 0 Å². The van der Waals surface area contributed by atoms with Crippen molar-refractivity contribution in [1.82, 2.24) is 15.5 Å². The highest BCUT2D eigenvalue weighted by Crippen LogP contribution is 2.23. The minimum atomic E-state index is -0.400. The van der Waals surface area contributed by atoms with E-state index in [-0.39, 0.29) is 18.2 Å². The molecule has 1 aliphatic carbocycles. The first-order valence-electron chi connectivity index (χ1n) is 9.48. The van der Waals surface area contributed by atoms with E-state index in [9.17, 15) is 9.59 Å². The molecule has 2 aromatic carbocycles. The van der Waals surface area contributed by atoms with Crippen LogP contribution in [0.4, 0.5) is 0 Å². The SMILES string of the molecule is O=C(CC1C(=O)NCCN1Cc1cccc2ccccc12)NC1CCC1. The molecule has 0 spiro atoms. The fraction of sp³-hybridized carbons (Fsp3) is 0.429. The van der Waals surface area contributed by atoms with Gasteiger partial charge in [-0.3, -0.25) is 14.5 Å². The van der Waals surface area contributed by atoms with E-state index in [1.165, 1.54) is 22.8 Å². The Morgan fingerprint density at radius 2 is 1.96 bits per heavy atom. The first-order chi connectivity index (χ1) is 12.7. The second-order valence-electron chi connectivity index (χ2n) is 7.32.